The van der Waals surface area contributed by atoms with Crippen LogP contribution >= 0.6 is 0 Å². The second-order valence-corrected chi connectivity index (χ2v) is 13.9. The predicted octanol–water partition coefficient (Wildman–Crippen LogP) is 4.05. The van der Waals surface area contributed by atoms with E-state index in [1.807, 2.05) is 0 Å². The molecule has 42 heavy (non-hydrogen) atoms. The molecule has 16 heteroatoms. The summed E-state index contributed by atoms with van der Waals surface area (Å²) in [5, 5.41) is 13.5. The van der Waals surface area contributed by atoms with E-state index < -0.39 is 81.0 Å². The number of hydrogen-bond acceptors (Lipinski definition) is 7. The van der Waals surface area contributed by atoms with E-state index in [2.05, 4.69) is 5.10 Å². The smallest absolute Gasteiger partial charge is 0.416 e. The minimum Gasteiger partial charge on any atom is -0.465 e. The Balaban J connectivity index is 1.50. The van der Waals surface area contributed by atoms with Crippen LogP contribution in [0.4, 0.5) is 26.7 Å². The van der Waals surface area contributed by atoms with Gasteiger partial charge in [0.15, 0.2) is 6.10 Å². The molecule has 2 aromatic rings. The fourth-order valence-electron chi connectivity index (χ4n) is 6.07. The van der Waals surface area contributed by atoms with E-state index >= 15 is 0 Å². The Morgan fingerprint density at radius 2 is 1.88 bits per heavy atom. The summed E-state index contributed by atoms with van der Waals surface area (Å²) >= 11 is 0. The first-order chi connectivity index (χ1) is 19.5. The molecule has 0 saturated carbocycles. The highest BCUT2D eigenvalue weighted by molar-refractivity contribution is 7.90. The second kappa shape index (κ2) is 10.7. The Kier molecular flexibility index (Phi) is 7.82. The quantitative estimate of drug-likeness (QED) is 0.497. The van der Waals surface area contributed by atoms with E-state index in [-0.39, 0.29) is 25.4 Å². The number of amides is 1. The average Bonchev–Trinajstić information content (AvgIpc) is 3.61. The van der Waals surface area contributed by atoms with Crippen LogP contribution in [0.2, 0.25) is 0 Å². The summed E-state index contributed by atoms with van der Waals surface area (Å²) < 4.78 is 110. The van der Waals surface area contributed by atoms with Crippen LogP contribution in [0.25, 0.3) is 0 Å². The Hall–Kier alpha value is -2.82. The van der Waals surface area contributed by atoms with Gasteiger partial charge in [0.05, 0.1) is 18.3 Å². The maximum atomic E-state index is 14.9. The molecule has 0 spiro atoms. The van der Waals surface area contributed by atoms with Crippen molar-refractivity contribution >= 4 is 16.1 Å². The molecule has 1 amide bonds. The van der Waals surface area contributed by atoms with Crippen LogP contribution in [0.3, 0.4) is 0 Å². The van der Waals surface area contributed by atoms with Crippen molar-refractivity contribution in [3.8, 4) is 0 Å². The molecule has 3 aliphatic rings. The number of aromatic nitrogens is 2. The summed E-state index contributed by atoms with van der Waals surface area (Å²) in [7, 11) is -3.87. The molecule has 4 heterocycles. The zero-order valence-electron chi connectivity index (χ0n) is 23.0. The van der Waals surface area contributed by atoms with Crippen molar-refractivity contribution in [1.82, 2.24) is 19.0 Å². The number of ether oxygens (including phenoxy) is 2. The van der Waals surface area contributed by atoms with Gasteiger partial charge in [-0.2, -0.15) is 22.4 Å². The van der Waals surface area contributed by atoms with Crippen LogP contribution < -0.4 is 0 Å². The molecule has 2 fully saturated rings. The molecule has 2 saturated heterocycles. The summed E-state index contributed by atoms with van der Waals surface area (Å²) in [5.41, 5.74) is -1.01. The van der Waals surface area contributed by atoms with Gasteiger partial charge >= 0.3 is 12.3 Å². The summed E-state index contributed by atoms with van der Waals surface area (Å²) in [6, 6.07) is -0.507. The predicted molar refractivity (Wildman–Crippen MR) is 137 cm³/mol. The largest absolute Gasteiger partial charge is 0.465 e. The van der Waals surface area contributed by atoms with E-state index in [9.17, 15) is 40.3 Å². The normalized spacial score (nSPS) is 27.3. The van der Waals surface area contributed by atoms with Gasteiger partial charge in [-0.3, -0.25) is 9.80 Å². The topological polar surface area (TPSA) is 114 Å². The molecule has 0 bridgehead atoms. The lowest BCUT2D eigenvalue weighted by atomic mass is 9.85. The molecular weight excluding hydrogens is 591 g/mol. The van der Waals surface area contributed by atoms with E-state index in [0.29, 0.717) is 24.7 Å². The van der Waals surface area contributed by atoms with Crippen molar-refractivity contribution in [2.75, 3.05) is 13.2 Å². The van der Waals surface area contributed by atoms with E-state index in [1.165, 1.54) is 31.9 Å². The van der Waals surface area contributed by atoms with Crippen LogP contribution in [0.5, 0.6) is 0 Å². The minimum absolute atomic E-state index is 0.0218. The van der Waals surface area contributed by atoms with Crippen molar-refractivity contribution in [2.45, 2.75) is 88.0 Å². The van der Waals surface area contributed by atoms with E-state index in [4.69, 9.17) is 9.47 Å². The molecule has 1 aromatic carbocycles. The first-order valence-corrected chi connectivity index (χ1v) is 14.8. The van der Waals surface area contributed by atoms with Crippen LogP contribution in [0, 0.1) is 11.6 Å². The van der Waals surface area contributed by atoms with Crippen molar-refractivity contribution in [3.05, 3.63) is 52.9 Å². The van der Waals surface area contributed by atoms with Gasteiger partial charge in [-0.05, 0) is 51.8 Å². The Morgan fingerprint density at radius 3 is 2.45 bits per heavy atom. The van der Waals surface area contributed by atoms with Gasteiger partial charge in [0.2, 0.25) is 0 Å². The fraction of sp³-hybridized carbons (Fsp3) is 0.615. The zero-order valence-corrected chi connectivity index (χ0v) is 23.8. The van der Waals surface area contributed by atoms with Crippen molar-refractivity contribution in [1.29, 1.82) is 0 Å². The molecule has 3 aliphatic heterocycles. The fourth-order valence-corrected chi connectivity index (χ4v) is 7.52. The molecule has 1 aromatic heterocycles. The monoisotopic (exact) mass is 622 g/mol. The highest BCUT2D eigenvalue weighted by Gasteiger charge is 2.57. The highest BCUT2D eigenvalue weighted by Crippen LogP contribution is 2.46. The summed E-state index contributed by atoms with van der Waals surface area (Å²) in [4.78, 5) is 14.8. The molecule has 10 nitrogen and oxygen atoms in total. The molecule has 1 N–H and O–H groups in total. The number of hydrogen-bond donors (Lipinski definition) is 1. The van der Waals surface area contributed by atoms with Crippen LogP contribution in [0.15, 0.2) is 24.4 Å². The maximum absolute atomic E-state index is 14.9. The second-order valence-electron chi connectivity index (χ2n) is 11.8. The molecule has 5 rings (SSSR count). The third-order valence-corrected chi connectivity index (χ3v) is 9.87. The Morgan fingerprint density at radius 1 is 1.17 bits per heavy atom. The zero-order chi connectivity index (χ0) is 30.8. The van der Waals surface area contributed by atoms with Crippen LogP contribution in [0.1, 0.15) is 56.5 Å². The van der Waals surface area contributed by atoms with Gasteiger partial charge in [-0.25, -0.2) is 22.0 Å². The summed E-state index contributed by atoms with van der Waals surface area (Å²) in [6.45, 7) is 4.66. The molecule has 5 atom stereocenters. The molecular formula is C26H31F5N4O6S. The van der Waals surface area contributed by atoms with Crippen molar-refractivity contribution in [3.63, 3.8) is 0 Å². The number of nitrogens with zero attached hydrogens (tertiary/aromatic N) is 4. The lowest BCUT2D eigenvalue weighted by Crippen LogP contribution is -2.63. The number of rotatable bonds is 5. The number of fused-ring (bicyclic) bond motifs is 1. The van der Waals surface area contributed by atoms with Gasteiger partial charge < -0.3 is 14.6 Å². The molecule has 232 valence electrons. The third kappa shape index (κ3) is 5.61. The maximum Gasteiger partial charge on any atom is 0.416 e. The molecule has 1 unspecified atom stereocenters. The first kappa shape index (κ1) is 30.6. The Bertz CT molecular complexity index is 1430. The average molecular weight is 623 g/mol. The minimum atomic E-state index is -4.96. The molecule has 0 aliphatic carbocycles. The third-order valence-electron chi connectivity index (χ3n) is 7.94. The van der Waals surface area contributed by atoms with Crippen LogP contribution in [-0.4, -0.2) is 87.0 Å². The first-order valence-electron chi connectivity index (χ1n) is 13.3. The van der Waals surface area contributed by atoms with Gasteiger partial charge in [-0.1, -0.05) is 0 Å². The summed E-state index contributed by atoms with van der Waals surface area (Å²) in [5.74, 6) is -1.95. The van der Waals surface area contributed by atoms with Crippen LogP contribution in [-0.2, 0) is 32.6 Å². The number of carbonyl (C=O) groups is 1. The van der Waals surface area contributed by atoms with Crippen molar-refractivity contribution < 1.29 is 49.7 Å². The number of benzene rings is 1. The van der Waals surface area contributed by atoms with Gasteiger partial charge in [-0.15, -0.1) is 0 Å². The Labute approximate surface area is 239 Å². The number of carboxylic acid groups (broad SMARTS) is 1. The van der Waals surface area contributed by atoms with Gasteiger partial charge in [0.1, 0.15) is 23.0 Å². The standard InChI is InChI=1S/C26H31F5N4O6S/c1-25(2,3)35(24(36)37)20-9-21(23(26(29,30)31)41-22(20)17-8-15(27)4-5-18(17)28)33-10-14-11-34(32-19(14)12-33)42(38,39)16-6-7-40-13-16/h4-5,8,11,16,20-23H,6-7,9-10,12-13H2,1-3H3,(H,36,37)/t16?,20-,21+,22+,23-/m0/s1. The number of alkyl halides is 3. The van der Waals surface area contributed by atoms with Gasteiger partial charge in [0.25, 0.3) is 10.0 Å². The SMILES string of the molecule is CC(C)(C)N(C(=O)O)[C@H]1C[C@@H](N2Cc3cn(S(=O)(=O)C4CCOC4)nc3C2)[C@@H](C(F)(F)F)O[C@@H]1c1cc(F)ccc1F. The van der Waals surface area contributed by atoms with E-state index in [1.54, 1.807) is 0 Å². The highest BCUT2D eigenvalue weighted by atomic mass is 32.2. The lowest BCUT2D eigenvalue weighted by molar-refractivity contribution is -0.277. The van der Waals surface area contributed by atoms with Crippen molar-refractivity contribution in [2.24, 2.45) is 0 Å². The lowest BCUT2D eigenvalue weighted by Gasteiger charge is -2.51. The molecule has 0 radical (unpaired) electrons. The summed E-state index contributed by atoms with van der Waals surface area (Å²) in [6.07, 6.45) is -9.55. The van der Waals surface area contributed by atoms with E-state index in [0.717, 1.165) is 21.1 Å². The number of halogens is 5. The van der Waals surface area contributed by atoms with Gasteiger partial charge in [0, 0.05) is 48.6 Å².